The quantitative estimate of drug-likeness (QED) is 0.337. The van der Waals surface area contributed by atoms with Crippen LogP contribution in [0, 0.1) is 12.8 Å². The van der Waals surface area contributed by atoms with E-state index in [2.05, 4.69) is 10.3 Å². The van der Waals surface area contributed by atoms with E-state index in [1.165, 1.54) is 16.7 Å². The van der Waals surface area contributed by atoms with Gasteiger partial charge in [-0.3, -0.25) is 19.2 Å². The molecule has 0 bridgehead atoms. The summed E-state index contributed by atoms with van der Waals surface area (Å²) in [5.74, 6) is -1.91. The van der Waals surface area contributed by atoms with E-state index in [9.17, 15) is 19.2 Å². The minimum absolute atomic E-state index is 0.250. The number of H-pyrrole nitrogens is 1. The van der Waals surface area contributed by atoms with E-state index < -0.39 is 17.1 Å². The molecule has 2 aliphatic rings. The van der Waals surface area contributed by atoms with E-state index in [1.807, 2.05) is 43.3 Å². The Kier molecular flexibility index (Phi) is 6.58. The Morgan fingerprint density at radius 1 is 0.974 bits per heavy atom. The molecule has 2 N–H and O–H groups in total. The van der Waals surface area contributed by atoms with Gasteiger partial charge in [-0.25, -0.2) is 4.90 Å². The number of imide groups is 1. The summed E-state index contributed by atoms with van der Waals surface area (Å²) >= 11 is 2.25. The van der Waals surface area contributed by atoms with Gasteiger partial charge in [-0.1, -0.05) is 71.6 Å². The summed E-state index contributed by atoms with van der Waals surface area (Å²) in [5.41, 5.74) is 2.84. The van der Waals surface area contributed by atoms with Crippen LogP contribution in [0.25, 0.3) is 0 Å². The van der Waals surface area contributed by atoms with Crippen LogP contribution in [0.1, 0.15) is 21.9 Å². The zero-order chi connectivity index (χ0) is 27.1. The van der Waals surface area contributed by atoms with Gasteiger partial charge in [0.15, 0.2) is 6.61 Å². The van der Waals surface area contributed by atoms with Gasteiger partial charge in [0, 0.05) is 22.0 Å². The Labute approximate surface area is 232 Å². The van der Waals surface area contributed by atoms with Gasteiger partial charge in [-0.15, -0.1) is 0 Å². The molecule has 196 valence electrons. The molecule has 10 heteroatoms. The number of aromatic nitrogens is 1. The monoisotopic (exact) mass is 557 g/mol. The third-order valence-corrected chi connectivity index (χ3v) is 9.15. The lowest BCUT2D eigenvalue weighted by molar-refractivity contribution is -0.122. The molecule has 6 rings (SSSR count). The topological polar surface area (TPSA) is 109 Å². The summed E-state index contributed by atoms with van der Waals surface area (Å²) in [7, 11) is 0. The molecule has 3 amide bonds. The van der Waals surface area contributed by atoms with Crippen molar-refractivity contribution in [1.82, 2.24) is 4.98 Å². The number of ether oxygens (including phenoxy) is 1. The number of amides is 3. The molecule has 0 aliphatic carbocycles. The highest BCUT2D eigenvalue weighted by Crippen LogP contribution is 2.54. The van der Waals surface area contributed by atoms with Crippen LogP contribution in [0.15, 0.2) is 88.7 Å². The number of carbonyl (C=O) groups excluding carboxylic acids is 3. The SMILES string of the molecule is Cc1cccc(NC(=O)COc2ccccc2[C@H]2c3sc(=O)[nH]c3SC3C(=O)N(c4ccccc4)C(=O)C32)c1. The van der Waals surface area contributed by atoms with E-state index in [0.29, 0.717) is 32.6 Å². The molecule has 8 nitrogen and oxygen atoms in total. The van der Waals surface area contributed by atoms with Gasteiger partial charge in [0.25, 0.3) is 5.91 Å². The van der Waals surface area contributed by atoms with Crippen molar-refractivity contribution in [3.8, 4) is 5.75 Å². The largest absolute Gasteiger partial charge is 0.483 e. The Morgan fingerprint density at radius 2 is 1.74 bits per heavy atom. The van der Waals surface area contributed by atoms with Crippen LogP contribution in [0.5, 0.6) is 5.75 Å². The highest BCUT2D eigenvalue weighted by Gasteiger charge is 2.56. The highest BCUT2D eigenvalue weighted by atomic mass is 32.2. The maximum atomic E-state index is 13.9. The van der Waals surface area contributed by atoms with Gasteiger partial charge < -0.3 is 15.0 Å². The fourth-order valence-electron chi connectivity index (χ4n) is 5.12. The molecule has 0 saturated carbocycles. The number of thiazole rings is 1. The van der Waals surface area contributed by atoms with Crippen LogP contribution in [-0.2, 0) is 14.4 Å². The van der Waals surface area contributed by atoms with Crippen molar-refractivity contribution in [3.63, 3.8) is 0 Å². The van der Waals surface area contributed by atoms with Crippen LogP contribution < -0.4 is 19.8 Å². The second kappa shape index (κ2) is 10.2. The normalized spacial score (nSPS) is 19.9. The molecule has 1 aromatic heterocycles. The second-order valence-corrected chi connectivity index (χ2v) is 11.5. The number of para-hydroxylation sites is 2. The number of nitrogens with one attached hydrogen (secondary N) is 2. The van der Waals surface area contributed by atoms with Crippen molar-refractivity contribution in [1.29, 1.82) is 0 Å². The van der Waals surface area contributed by atoms with Crippen LogP contribution in [-0.4, -0.2) is 34.6 Å². The predicted molar refractivity (Wildman–Crippen MR) is 151 cm³/mol. The lowest BCUT2D eigenvalue weighted by atomic mass is 9.82. The van der Waals surface area contributed by atoms with Crippen LogP contribution in [0.4, 0.5) is 11.4 Å². The molecule has 3 aromatic carbocycles. The van der Waals surface area contributed by atoms with E-state index in [0.717, 1.165) is 16.9 Å². The Balaban J connectivity index is 1.34. The molecule has 3 heterocycles. The molecule has 0 radical (unpaired) electrons. The molecule has 1 saturated heterocycles. The number of benzene rings is 3. The third-order valence-electron chi connectivity index (χ3n) is 6.75. The average Bonchev–Trinajstić information content (AvgIpc) is 3.42. The number of anilines is 2. The molecule has 2 unspecified atom stereocenters. The first kappa shape index (κ1) is 25.1. The Morgan fingerprint density at radius 3 is 2.54 bits per heavy atom. The van der Waals surface area contributed by atoms with Gasteiger partial charge >= 0.3 is 4.87 Å². The third kappa shape index (κ3) is 4.66. The maximum Gasteiger partial charge on any atom is 0.305 e. The summed E-state index contributed by atoms with van der Waals surface area (Å²) in [5, 5.41) is 2.70. The average molecular weight is 558 g/mol. The molecule has 4 aromatic rings. The Bertz CT molecular complexity index is 1650. The summed E-state index contributed by atoms with van der Waals surface area (Å²) < 4.78 is 5.99. The summed E-state index contributed by atoms with van der Waals surface area (Å²) in [6, 6.07) is 23.5. The number of aromatic amines is 1. The lowest BCUT2D eigenvalue weighted by Gasteiger charge is -2.30. The molecular weight excluding hydrogens is 534 g/mol. The number of hydrogen-bond donors (Lipinski definition) is 2. The van der Waals surface area contributed by atoms with E-state index in [1.54, 1.807) is 42.5 Å². The smallest absolute Gasteiger partial charge is 0.305 e. The van der Waals surface area contributed by atoms with Crippen molar-refractivity contribution in [2.75, 3.05) is 16.8 Å². The van der Waals surface area contributed by atoms with Crippen LogP contribution in [0.3, 0.4) is 0 Å². The van der Waals surface area contributed by atoms with Gasteiger partial charge in [0.1, 0.15) is 11.0 Å². The first-order valence-corrected chi connectivity index (χ1v) is 14.0. The number of rotatable bonds is 6. The summed E-state index contributed by atoms with van der Waals surface area (Å²) in [4.78, 5) is 57.0. The van der Waals surface area contributed by atoms with Crippen molar-refractivity contribution < 1.29 is 19.1 Å². The molecule has 1 fully saturated rings. The van der Waals surface area contributed by atoms with E-state index >= 15 is 0 Å². The number of thioether (sulfide) groups is 1. The van der Waals surface area contributed by atoms with Crippen LogP contribution in [0.2, 0.25) is 0 Å². The number of hydrogen-bond acceptors (Lipinski definition) is 7. The predicted octanol–water partition coefficient (Wildman–Crippen LogP) is 4.56. The van der Waals surface area contributed by atoms with Gasteiger partial charge in [0.05, 0.1) is 16.6 Å². The second-order valence-electron chi connectivity index (χ2n) is 9.34. The van der Waals surface area contributed by atoms with Gasteiger partial charge in [-0.2, -0.15) is 0 Å². The molecule has 2 aliphatic heterocycles. The molecule has 3 atom stereocenters. The summed E-state index contributed by atoms with van der Waals surface area (Å²) in [6.07, 6.45) is 0. The molecule has 39 heavy (non-hydrogen) atoms. The molecular formula is C29H23N3O5S2. The minimum atomic E-state index is -0.743. The van der Waals surface area contributed by atoms with Crippen molar-refractivity contribution >= 4 is 52.2 Å². The number of aryl methyl sites for hydroxylation is 1. The first-order chi connectivity index (χ1) is 18.9. The fourth-order valence-corrected chi connectivity index (χ4v) is 7.62. The first-order valence-electron chi connectivity index (χ1n) is 12.3. The van der Waals surface area contributed by atoms with Gasteiger partial charge in [0.2, 0.25) is 11.8 Å². The standard InChI is InChI=1S/C29H23N3O5S2/c1-16-8-7-9-17(14-16)30-21(33)15-37-20-13-6-5-12-19(20)22-23-25(38-26-24(22)39-29(36)31-26)28(35)32(27(23)34)18-10-3-2-4-11-18/h2-14,22-23,25H,15H2,1H3,(H,30,33)(H,31,36)/t22-,23?,25?/m1/s1. The lowest BCUT2D eigenvalue weighted by Crippen LogP contribution is -2.32. The van der Waals surface area contributed by atoms with Crippen molar-refractivity contribution in [2.45, 2.75) is 23.1 Å². The number of nitrogens with zero attached hydrogens (tertiary/aromatic N) is 1. The molecule has 0 spiro atoms. The maximum absolute atomic E-state index is 13.9. The number of carbonyl (C=O) groups is 3. The fraction of sp³-hybridized carbons (Fsp3) is 0.172. The van der Waals surface area contributed by atoms with Crippen molar-refractivity contribution in [2.24, 2.45) is 5.92 Å². The van der Waals surface area contributed by atoms with E-state index in [4.69, 9.17) is 4.74 Å². The zero-order valence-electron chi connectivity index (χ0n) is 20.7. The van der Waals surface area contributed by atoms with Gasteiger partial charge in [-0.05, 0) is 42.8 Å². The highest BCUT2D eigenvalue weighted by molar-refractivity contribution is 8.00. The zero-order valence-corrected chi connectivity index (χ0v) is 22.4. The van der Waals surface area contributed by atoms with Crippen LogP contribution >= 0.6 is 23.1 Å². The number of fused-ring (bicyclic) bond motifs is 2. The summed E-state index contributed by atoms with van der Waals surface area (Å²) in [6.45, 7) is 1.69. The Hall–Kier alpha value is -4.15. The van der Waals surface area contributed by atoms with Crippen molar-refractivity contribution in [3.05, 3.63) is 105 Å². The minimum Gasteiger partial charge on any atom is -0.483 e. The van der Waals surface area contributed by atoms with E-state index in [-0.39, 0.29) is 29.2 Å².